The number of hydrogen-bond acceptors (Lipinski definition) is 5. The molecule has 1 aliphatic rings. The molecule has 9 nitrogen and oxygen atoms in total. The molecule has 2 amide bonds. The van der Waals surface area contributed by atoms with E-state index < -0.39 is 20.2 Å². The number of ether oxygens (including phenoxy) is 1. The lowest BCUT2D eigenvalue weighted by Crippen LogP contribution is -2.40. The van der Waals surface area contributed by atoms with Crippen LogP contribution < -0.4 is 5.32 Å². The fourth-order valence-corrected chi connectivity index (χ4v) is 2.57. The number of hydrogen-bond donors (Lipinski definition) is 3. The number of rotatable bonds is 8. The van der Waals surface area contributed by atoms with E-state index in [9.17, 15) is 14.2 Å². The van der Waals surface area contributed by atoms with Crippen LogP contribution >= 0.6 is 7.82 Å². The molecule has 10 heteroatoms. The maximum atomic E-state index is 11.2. The van der Waals surface area contributed by atoms with Gasteiger partial charge >= 0.3 is 7.82 Å². The largest absolute Gasteiger partial charge is 0.469 e. The van der Waals surface area contributed by atoms with Gasteiger partial charge in [0.1, 0.15) is 6.23 Å². The molecular weight excluding hydrogens is 303 g/mol. The highest BCUT2D eigenvalue weighted by Crippen LogP contribution is 2.38. The lowest BCUT2D eigenvalue weighted by Gasteiger charge is -2.27. The van der Waals surface area contributed by atoms with E-state index in [0.29, 0.717) is 12.8 Å². The molecule has 0 spiro atoms. The fourth-order valence-electron chi connectivity index (χ4n) is 2.21. The summed E-state index contributed by atoms with van der Waals surface area (Å²) >= 11 is 0. The van der Waals surface area contributed by atoms with Crippen LogP contribution in [0, 0.1) is 5.92 Å². The highest BCUT2D eigenvalue weighted by atomic mass is 31.2. The lowest BCUT2D eigenvalue weighted by molar-refractivity contribution is -0.136. The van der Waals surface area contributed by atoms with Gasteiger partial charge in [-0.25, -0.2) is 4.57 Å². The second-order valence-electron chi connectivity index (χ2n) is 4.91. The highest BCUT2D eigenvalue weighted by Gasteiger charge is 2.36. The van der Waals surface area contributed by atoms with E-state index in [1.165, 1.54) is 11.9 Å². The number of amides is 2. The molecule has 0 radical (unpaired) electrons. The minimum absolute atomic E-state index is 0.0229. The van der Waals surface area contributed by atoms with Gasteiger partial charge in [0.2, 0.25) is 12.3 Å². The monoisotopic (exact) mass is 324 g/mol. The van der Waals surface area contributed by atoms with Crippen molar-refractivity contribution in [3.8, 4) is 0 Å². The first kappa shape index (κ1) is 18.1. The predicted octanol–water partition coefficient (Wildman–Crippen LogP) is -0.559. The molecule has 1 aliphatic heterocycles. The topological polar surface area (TPSA) is 125 Å². The number of carbonyl (C=O) groups excluding carboxylic acids is 2. The van der Waals surface area contributed by atoms with E-state index in [1.54, 1.807) is 0 Å². The van der Waals surface area contributed by atoms with Crippen molar-refractivity contribution in [1.29, 1.82) is 0 Å². The van der Waals surface area contributed by atoms with Gasteiger partial charge in [0.05, 0.1) is 12.7 Å². The van der Waals surface area contributed by atoms with E-state index in [-0.39, 0.29) is 31.4 Å². The van der Waals surface area contributed by atoms with Crippen LogP contribution in [0.1, 0.15) is 19.8 Å². The Morgan fingerprint density at radius 3 is 2.76 bits per heavy atom. The van der Waals surface area contributed by atoms with Crippen molar-refractivity contribution < 1.29 is 33.2 Å². The van der Waals surface area contributed by atoms with Gasteiger partial charge in [-0.1, -0.05) is 6.92 Å². The van der Waals surface area contributed by atoms with Crippen molar-refractivity contribution in [2.45, 2.75) is 32.1 Å². The molecule has 1 saturated heterocycles. The number of nitrogens with zero attached hydrogens (tertiary/aromatic N) is 1. The zero-order chi connectivity index (χ0) is 16.0. The summed E-state index contributed by atoms with van der Waals surface area (Å²) in [5.74, 6) is -0.209. The first-order chi connectivity index (χ1) is 9.76. The quantitative estimate of drug-likeness (QED) is 0.404. The Hall–Kier alpha value is -0.990. The summed E-state index contributed by atoms with van der Waals surface area (Å²) in [7, 11) is -3.02. The molecule has 0 aromatic heterocycles. The van der Waals surface area contributed by atoms with Gasteiger partial charge in [-0.2, -0.15) is 0 Å². The maximum Gasteiger partial charge on any atom is 0.469 e. The van der Waals surface area contributed by atoms with Crippen LogP contribution in [0.25, 0.3) is 0 Å². The second-order valence-corrected chi connectivity index (χ2v) is 6.15. The molecule has 0 saturated carbocycles. The summed E-state index contributed by atoms with van der Waals surface area (Å²) in [4.78, 5) is 41.0. The molecule has 0 aromatic rings. The molecule has 122 valence electrons. The number of nitrogens with one attached hydrogen (secondary N) is 1. The molecule has 3 N–H and O–H groups in total. The molecule has 1 fully saturated rings. The molecule has 3 atom stereocenters. The van der Waals surface area contributed by atoms with E-state index in [4.69, 9.17) is 14.5 Å². The summed E-state index contributed by atoms with van der Waals surface area (Å²) in [6, 6.07) is 0. The summed E-state index contributed by atoms with van der Waals surface area (Å²) in [6.45, 7) is 1.83. The number of carbonyl (C=O) groups is 2. The Morgan fingerprint density at radius 1 is 1.57 bits per heavy atom. The first-order valence-electron chi connectivity index (χ1n) is 6.54. The summed E-state index contributed by atoms with van der Waals surface area (Å²) < 4.78 is 20.6. The third-order valence-electron chi connectivity index (χ3n) is 3.22. The Morgan fingerprint density at radius 2 is 2.24 bits per heavy atom. The molecular formula is C11H21N2O7P. The average molecular weight is 324 g/mol. The van der Waals surface area contributed by atoms with E-state index in [1.807, 2.05) is 6.92 Å². The maximum absolute atomic E-state index is 11.2. The zero-order valence-electron chi connectivity index (χ0n) is 12.0. The van der Waals surface area contributed by atoms with Gasteiger partial charge in [-0.15, -0.1) is 0 Å². The van der Waals surface area contributed by atoms with Crippen molar-refractivity contribution in [1.82, 2.24) is 10.2 Å². The van der Waals surface area contributed by atoms with Gasteiger partial charge in [0, 0.05) is 25.9 Å². The minimum atomic E-state index is -4.53. The van der Waals surface area contributed by atoms with Crippen LogP contribution in [-0.4, -0.2) is 59.5 Å². The van der Waals surface area contributed by atoms with E-state index in [0.717, 1.165) is 0 Å². The summed E-state index contributed by atoms with van der Waals surface area (Å²) in [5, 5.41) is 2.46. The molecule has 0 aromatic carbocycles. The molecule has 0 bridgehead atoms. The second kappa shape index (κ2) is 7.86. The smallest absolute Gasteiger partial charge is 0.359 e. The van der Waals surface area contributed by atoms with Crippen LogP contribution in [0.3, 0.4) is 0 Å². The van der Waals surface area contributed by atoms with Gasteiger partial charge in [-0.3, -0.25) is 14.1 Å². The molecule has 0 aliphatic carbocycles. The Balaban J connectivity index is 2.51. The number of phosphoric acid groups is 1. The summed E-state index contributed by atoms with van der Waals surface area (Å²) in [6.07, 6.45) is 0.245. The lowest BCUT2D eigenvalue weighted by atomic mass is 10.1. The zero-order valence-corrected chi connectivity index (χ0v) is 12.9. The SMILES string of the molecule is CNC(=O)CCN(C=O)C1OC(COP(=O)(O)O)C[C@@H]1C. The van der Waals surface area contributed by atoms with Crippen LogP contribution in [0.15, 0.2) is 0 Å². The minimum Gasteiger partial charge on any atom is -0.359 e. The third kappa shape index (κ3) is 6.11. The van der Waals surface area contributed by atoms with Crippen LogP contribution in [0.2, 0.25) is 0 Å². The van der Waals surface area contributed by atoms with Crippen molar-refractivity contribution in [2.75, 3.05) is 20.2 Å². The highest BCUT2D eigenvalue weighted by molar-refractivity contribution is 7.46. The molecule has 2 unspecified atom stereocenters. The van der Waals surface area contributed by atoms with Crippen molar-refractivity contribution >= 4 is 20.1 Å². The van der Waals surface area contributed by atoms with Crippen molar-refractivity contribution in [3.63, 3.8) is 0 Å². The van der Waals surface area contributed by atoms with Crippen molar-refractivity contribution in [3.05, 3.63) is 0 Å². The van der Waals surface area contributed by atoms with Crippen LogP contribution in [0.4, 0.5) is 0 Å². The first-order valence-corrected chi connectivity index (χ1v) is 8.07. The fraction of sp³-hybridized carbons (Fsp3) is 0.818. The van der Waals surface area contributed by atoms with Gasteiger partial charge in [0.15, 0.2) is 0 Å². The Kier molecular flexibility index (Phi) is 6.76. The molecule has 1 rings (SSSR count). The third-order valence-corrected chi connectivity index (χ3v) is 3.71. The van der Waals surface area contributed by atoms with Gasteiger partial charge in [0.25, 0.3) is 0 Å². The Bertz CT molecular complexity index is 413. The molecule has 21 heavy (non-hydrogen) atoms. The van der Waals surface area contributed by atoms with E-state index in [2.05, 4.69) is 9.84 Å². The number of phosphoric ester groups is 1. The van der Waals surface area contributed by atoms with Gasteiger partial charge in [-0.05, 0) is 6.42 Å². The van der Waals surface area contributed by atoms with Crippen LogP contribution in [0.5, 0.6) is 0 Å². The van der Waals surface area contributed by atoms with Crippen LogP contribution in [-0.2, 0) is 23.4 Å². The molecule has 1 heterocycles. The van der Waals surface area contributed by atoms with Gasteiger partial charge < -0.3 is 24.7 Å². The van der Waals surface area contributed by atoms with Crippen molar-refractivity contribution in [2.24, 2.45) is 5.92 Å². The Labute approximate surface area is 122 Å². The standard InChI is InChI=1S/C11H21N2O7P/c1-8-5-9(6-19-21(16,17)18)20-11(8)13(7-14)4-3-10(15)12-2/h7-9,11H,3-6H2,1-2H3,(H,12,15)(H2,16,17,18)/t8-,9?,11?/m0/s1. The normalized spacial score (nSPS) is 25.6. The predicted molar refractivity (Wildman–Crippen MR) is 71.9 cm³/mol. The average Bonchev–Trinajstić information content (AvgIpc) is 2.78. The van der Waals surface area contributed by atoms with E-state index >= 15 is 0 Å². The summed E-state index contributed by atoms with van der Waals surface area (Å²) in [5.41, 5.74) is 0.